The molecular weight excluding hydrogens is 191 g/mol. The summed E-state index contributed by atoms with van der Waals surface area (Å²) in [5.74, 6) is -0.359. The Morgan fingerprint density at radius 3 is 2.77 bits per heavy atom. The lowest BCUT2D eigenvalue weighted by molar-refractivity contribution is 0.146. The maximum absolute atomic E-state index is 13.0. The third kappa shape index (κ3) is 2.96. The molecule has 0 aliphatic heterocycles. The molecule has 1 aromatic rings. The zero-order valence-corrected chi connectivity index (χ0v) is 7.82. The van der Waals surface area contributed by atoms with Gasteiger partial charge in [-0.15, -0.1) is 0 Å². The van der Waals surface area contributed by atoms with Crippen molar-refractivity contribution in [2.75, 3.05) is 12.4 Å². The van der Waals surface area contributed by atoms with Crippen LogP contribution < -0.4 is 10.8 Å². The number of thiocarbonyl (C=S) groups is 1. The molecule has 0 unspecified atom stereocenters. The van der Waals surface area contributed by atoms with E-state index >= 15 is 0 Å². The summed E-state index contributed by atoms with van der Waals surface area (Å²) in [5, 5.41) is 2.85. The number of rotatable bonds is 2. The van der Waals surface area contributed by atoms with E-state index < -0.39 is 0 Å². The highest BCUT2D eigenvalue weighted by molar-refractivity contribution is 7.80. The van der Waals surface area contributed by atoms with Crippen LogP contribution in [0, 0.1) is 5.82 Å². The molecule has 0 heterocycles. The standard InChI is InChI=1S/C8H9FN2OS/c1-12-11-8(13)10-7-5-3-2-4-6(7)9/h2-5H,1H3,(H2,10,11,13). The van der Waals surface area contributed by atoms with Crippen LogP contribution in [-0.2, 0) is 4.84 Å². The van der Waals surface area contributed by atoms with Crippen molar-refractivity contribution in [2.45, 2.75) is 0 Å². The highest BCUT2D eigenvalue weighted by atomic mass is 32.1. The maximum atomic E-state index is 13.0. The van der Waals surface area contributed by atoms with Gasteiger partial charge in [0.25, 0.3) is 0 Å². The Balaban J connectivity index is 2.63. The SMILES string of the molecule is CONC(=S)Nc1ccccc1F. The number of anilines is 1. The third-order valence-corrected chi connectivity index (χ3v) is 1.50. The van der Waals surface area contributed by atoms with E-state index in [2.05, 4.69) is 15.6 Å². The van der Waals surface area contributed by atoms with Gasteiger partial charge in [-0.2, -0.15) is 0 Å². The van der Waals surface area contributed by atoms with Crippen LogP contribution in [0.25, 0.3) is 0 Å². The Labute approximate surface area is 80.9 Å². The van der Waals surface area contributed by atoms with Gasteiger partial charge in [-0.05, 0) is 24.4 Å². The van der Waals surface area contributed by atoms with Crippen molar-refractivity contribution in [1.82, 2.24) is 5.48 Å². The van der Waals surface area contributed by atoms with Crippen LogP contribution in [0.3, 0.4) is 0 Å². The second-order valence-corrected chi connectivity index (χ2v) is 2.65. The first-order chi connectivity index (χ1) is 6.24. The van der Waals surface area contributed by atoms with Gasteiger partial charge in [0, 0.05) is 0 Å². The lowest BCUT2D eigenvalue weighted by Crippen LogP contribution is -2.27. The molecule has 2 N–H and O–H groups in total. The Bertz CT molecular complexity index is 306. The van der Waals surface area contributed by atoms with Crippen LogP contribution in [0.1, 0.15) is 0 Å². The molecule has 70 valence electrons. The lowest BCUT2D eigenvalue weighted by Gasteiger charge is -2.08. The summed E-state index contributed by atoms with van der Waals surface area (Å²) in [6.07, 6.45) is 0. The topological polar surface area (TPSA) is 33.3 Å². The van der Waals surface area contributed by atoms with Gasteiger partial charge in [-0.25, -0.2) is 9.87 Å². The predicted octanol–water partition coefficient (Wildman–Crippen LogP) is 1.67. The molecule has 0 aliphatic rings. The molecule has 0 aliphatic carbocycles. The van der Waals surface area contributed by atoms with Crippen molar-refractivity contribution in [1.29, 1.82) is 0 Å². The average Bonchev–Trinajstić information content (AvgIpc) is 2.09. The molecule has 1 rings (SSSR count). The minimum Gasteiger partial charge on any atom is -0.329 e. The molecule has 5 heteroatoms. The van der Waals surface area contributed by atoms with Crippen molar-refractivity contribution in [3.05, 3.63) is 30.1 Å². The molecule has 3 nitrogen and oxygen atoms in total. The molecule has 13 heavy (non-hydrogen) atoms. The number of hydrogen-bond acceptors (Lipinski definition) is 2. The van der Waals surface area contributed by atoms with E-state index in [9.17, 15) is 4.39 Å². The number of halogens is 1. The maximum Gasteiger partial charge on any atom is 0.195 e. The normalized spacial score (nSPS) is 9.38. The first kappa shape index (κ1) is 9.88. The molecule has 1 aromatic carbocycles. The van der Waals surface area contributed by atoms with Crippen molar-refractivity contribution >= 4 is 23.0 Å². The molecular formula is C8H9FN2OS. The summed E-state index contributed by atoms with van der Waals surface area (Å²) < 4.78 is 13.0. The number of para-hydroxylation sites is 1. The number of benzene rings is 1. The number of hydrogen-bond donors (Lipinski definition) is 2. The van der Waals surface area contributed by atoms with Crippen LogP contribution in [0.5, 0.6) is 0 Å². The van der Waals surface area contributed by atoms with Crippen molar-refractivity contribution in [3.63, 3.8) is 0 Å². The Morgan fingerprint density at radius 1 is 1.46 bits per heavy atom. The number of nitrogens with one attached hydrogen (secondary N) is 2. The van der Waals surface area contributed by atoms with Crippen LogP contribution in [0.15, 0.2) is 24.3 Å². The highest BCUT2D eigenvalue weighted by Gasteiger charge is 2.01. The van der Waals surface area contributed by atoms with E-state index in [1.807, 2.05) is 0 Å². The van der Waals surface area contributed by atoms with Crippen LogP contribution >= 0.6 is 12.2 Å². The third-order valence-electron chi connectivity index (χ3n) is 1.32. The van der Waals surface area contributed by atoms with Crippen LogP contribution in [0.2, 0.25) is 0 Å². The van der Waals surface area contributed by atoms with E-state index in [1.54, 1.807) is 18.2 Å². The Morgan fingerprint density at radius 2 is 2.15 bits per heavy atom. The zero-order chi connectivity index (χ0) is 9.68. The van der Waals surface area contributed by atoms with Gasteiger partial charge in [0.2, 0.25) is 0 Å². The summed E-state index contributed by atoms with van der Waals surface area (Å²) in [6.45, 7) is 0. The van der Waals surface area contributed by atoms with Gasteiger partial charge in [0.1, 0.15) is 5.82 Å². The van der Waals surface area contributed by atoms with Gasteiger partial charge in [0.15, 0.2) is 5.11 Å². The zero-order valence-electron chi connectivity index (χ0n) is 7.00. The number of hydroxylamine groups is 1. The molecule has 0 bridgehead atoms. The first-order valence-electron chi connectivity index (χ1n) is 3.58. The summed E-state index contributed by atoms with van der Waals surface area (Å²) >= 11 is 4.78. The summed E-state index contributed by atoms with van der Waals surface area (Å²) in [5.41, 5.74) is 2.69. The minimum absolute atomic E-state index is 0.215. The summed E-state index contributed by atoms with van der Waals surface area (Å²) in [4.78, 5) is 4.54. The van der Waals surface area contributed by atoms with Gasteiger partial charge >= 0.3 is 0 Å². The predicted molar refractivity (Wildman–Crippen MR) is 52.8 cm³/mol. The summed E-state index contributed by atoms with van der Waals surface area (Å²) in [7, 11) is 1.43. The molecule has 0 amide bonds. The van der Waals surface area contributed by atoms with E-state index in [1.165, 1.54) is 13.2 Å². The molecule has 0 atom stereocenters. The van der Waals surface area contributed by atoms with Crippen molar-refractivity contribution in [2.24, 2.45) is 0 Å². The van der Waals surface area contributed by atoms with Crippen molar-refractivity contribution < 1.29 is 9.23 Å². The minimum atomic E-state index is -0.359. The fraction of sp³-hybridized carbons (Fsp3) is 0.125. The van der Waals surface area contributed by atoms with Gasteiger partial charge in [-0.1, -0.05) is 12.1 Å². The van der Waals surface area contributed by atoms with E-state index in [0.717, 1.165) is 0 Å². The molecule has 0 saturated carbocycles. The largest absolute Gasteiger partial charge is 0.329 e. The second-order valence-electron chi connectivity index (χ2n) is 2.24. The van der Waals surface area contributed by atoms with Gasteiger partial charge in [-0.3, -0.25) is 4.84 Å². The van der Waals surface area contributed by atoms with Gasteiger partial charge in [0.05, 0.1) is 12.8 Å². The van der Waals surface area contributed by atoms with Crippen LogP contribution in [0.4, 0.5) is 10.1 Å². The fourth-order valence-electron chi connectivity index (χ4n) is 0.803. The van der Waals surface area contributed by atoms with Crippen molar-refractivity contribution in [3.8, 4) is 0 Å². The Hall–Kier alpha value is -1.20. The second kappa shape index (κ2) is 4.74. The lowest BCUT2D eigenvalue weighted by atomic mass is 10.3. The fourth-order valence-corrected chi connectivity index (χ4v) is 0.996. The molecule has 0 radical (unpaired) electrons. The Kier molecular flexibility index (Phi) is 3.60. The van der Waals surface area contributed by atoms with E-state index in [-0.39, 0.29) is 10.9 Å². The van der Waals surface area contributed by atoms with E-state index in [0.29, 0.717) is 5.69 Å². The molecule has 0 saturated heterocycles. The highest BCUT2D eigenvalue weighted by Crippen LogP contribution is 2.11. The average molecular weight is 200 g/mol. The smallest absolute Gasteiger partial charge is 0.195 e. The first-order valence-corrected chi connectivity index (χ1v) is 3.99. The van der Waals surface area contributed by atoms with Crippen LogP contribution in [-0.4, -0.2) is 12.2 Å². The molecule has 0 aromatic heterocycles. The summed E-state index contributed by atoms with van der Waals surface area (Å²) in [6, 6.07) is 6.24. The quantitative estimate of drug-likeness (QED) is 0.562. The molecule has 0 spiro atoms. The van der Waals surface area contributed by atoms with E-state index in [4.69, 9.17) is 12.2 Å². The monoisotopic (exact) mass is 200 g/mol. The van der Waals surface area contributed by atoms with Gasteiger partial charge < -0.3 is 5.32 Å². The molecule has 0 fully saturated rings.